The Morgan fingerprint density at radius 3 is 2.38 bits per heavy atom. The van der Waals surface area contributed by atoms with Crippen LogP contribution in [0, 0.1) is 13.8 Å². The van der Waals surface area contributed by atoms with E-state index in [1.807, 2.05) is 19.9 Å². The molecule has 0 atom stereocenters. The number of H-pyrrole nitrogens is 1. The topological polar surface area (TPSA) is 80.7 Å². The molecule has 0 aromatic carbocycles. The van der Waals surface area contributed by atoms with E-state index in [4.69, 9.17) is 8.83 Å². The van der Waals surface area contributed by atoms with E-state index in [0.29, 0.717) is 5.89 Å². The first kappa shape index (κ1) is 13.6. The molecule has 0 fully saturated rings. The minimum atomic E-state index is 0.692. The van der Waals surface area contributed by atoms with Gasteiger partial charge < -0.3 is 8.83 Å². The van der Waals surface area contributed by atoms with Crippen LogP contribution in [-0.2, 0) is 25.7 Å². The molecule has 0 radical (unpaired) electrons. The quantitative estimate of drug-likeness (QED) is 0.753. The SMILES string of the molecule is Cc1cc(CCc2ncc(CCc3cnc(C)o3)o2)n[nH]1. The van der Waals surface area contributed by atoms with Gasteiger partial charge in [0, 0.05) is 38.3 Å². The summed E-state index contributed by atoms with van der Waals surface area (Å²) < 4.78 is 11.2. The van der Waals surface area contributed by atoms with Gasteiger partial charge in [0.05, 0.1) is 18.1 Å². The van der Waals surface area contributed by atoms with Gasteiger partial charge in [-0.15, -0.1) is 0 Å². The van der Waals surface area contributed by atoms with Crippen molar-refractivity contribution < 1.29 is 8.83 Å². The lowest BCUT2D eigenvalue weighted by Gasteiger charge is -1.94. The lowest BCUT2D eigenvalue weighted by Crippen LogP contribution is -1.91. The fraction of sp³-hybridized carbons (Fsp3) is 0.400. The summed E-state index contributed by atoms with van der Waals surface area (Å²) in [5.74, 6) is 3.19. The second kappa shape index (κ2) is 5.95. The highest BCUT2D eigenvalue weighted by atomic mass is 16.4. The number of nitrogens with one attached hydrogen (secondary N) is 1. The van der Waals surface area contributed by atoms with Crippen LogP contribution in [0.2, 0.25) is 0 Å². The minimum absolute atomic E-state index is 0.692. The molecule has 0 aliphatic heterocycles. The smallest absolute Gasteiger partial charge is 0.194 e. The van der Waals surface area contributed by atoms with Gasteiger partial charge in [0.15, 0.2) is 11.8 Å². The zero-order valence-electron chi connectivity index (χ0n) is 12.2. The Kier molecular flexibility index (Phi) is 3.85. The molecule has 3 heterocycles. The van der Waals surface area contributed by atoms with E-state index in [9.17, 15) is 0 Å². The Morgan fingerprint density at radius 2 is 1.71 bits per heavy atom. The van der Waals surface area contributed by atoms with Crippen LogP contribution in [0.3, 0.4) is 0 Å². The van der Waals surface area contributed by atoms with E-state index >= 15 is 0 Å². The molecule has 3 rings (SSSR count). The summed E-state index contributed by atoms with van der Waals surface area (Å²) in [4.78, 5) is 8.38. The largest absolute Gasteiger partial charge is 0.446 e. The van der Waals surface area contributed by atoms with Crippen molar-refractivity contribution in [3.63, 3.8) is 0 Å². The Bertz CT molecular complexity index is 652. The van der Waals surface area contributed by atoms with Crippen molar-refractivity contribution >= 4 is 0 Å². The van der Waals surface area contributed by atoms with Crippen LogP contribution in [0.1, 0.15) is 34.7 Å². The van der Waals surface area contributed by atoms with Crippen LogP contribution in [0.4, 0.5) is 0 Å². The highest BCUT2D eigenvalue weighted by molar-refractivity contribution is 5.08. The second-order valence-corrected chi connectivity index (χ2v) is 5.11. The lowest BCUT2D eigenvalue weighted by molar-refractivity contribution is 0.434. The van der Waals surface area contributed by atoms with Gasteiger partial charge in [-0.05, 0) is 13.0 Å². The molecule has 0 amide bonds. The minimum Gasteiger partial charge on any atom is -0.446 e. The van der Waals surface area contributed by atoms with E-state index in [-0.39, 0.29) is 0 Å². The predicted molar refractivity (Wildman–Crippen MR) is 75.9 cm³/mol. The molecule has 0 unspecified atom stereocenters. The van der Waals surface area contributed by atoms with Gasteiger partial charge >= 0.3 is 0 Å². The van der Waals surface area contributed by atoms with Crippen molar-refractivity contribution in [2.75, 3.05) is 0 Å². The molecule has 3 aromatic heterocycles. The van der Waals surface area contributed by atoms with Gasteiger partial charge in [0.25, 0.3) is 0 Å². The molecule has 21 heavy (non-hydrogen) atoms. The van der Waals surface area contributed by atoms with E-state index in [1.165, 1.54) is 0 Å². The number of aromatic nitrogens is 4. The average molecular weight is 286 g/mol. The first-order valence-corrected chi connectivity index (χ1v) is 7.05. The van der Waals surface area contributed by atoms with E-state index < -0.39 is 0 Å². The summed E-state index contributed by atoms with van der Waals surface area (Å²) in [6.45, 7) is 3.83. The maximum atomic E-state index is 5.73. The fourth-order valence-electron chi connectivity index (χ4n) is 2.18. The molecule has 6 heteroatoms. The van der Waals surface area contributed by atoms with Crippen molar-refractivity contribution in [3.05, 3.63) is 53.1 Å². The third kappa shape index (κ3) is 3.59. The molecule has 1 N–H and O–H groups in total. The van der Waals surface area contributed by atoms with E-state index in [1.54, 1.807) is 12.4 Å². The highest BCUT2D eigenvalue weighted by Gasteiger charge is 2.07. The molecule has 0 aliphatic carbocycles. The van der Waals surface area contributed by atoms with E-state index in [0.717, 1.165) is 54.5 Å². The van der Waals surface area contributed by atoms with E-state index in [2.05, 4.69) is 20.2 Å². The average Bonchev–Trinajstić information content (AvgIpc) is 3.16. The van der Waals surface area contributed by atoms with Gasteiger partial charge in [-0.1, -0.05) is 0 Å². The van der Waals surface area contributed by atoms with Gasteiger partial charge in [-0.25, -0.2) is 9.97 Å². The van der Waals surface area contributed by atoms with Crippen molar-refractivity contribution in [1.82, 2.24) is 20.2 Å². The number of hydrogen-bond donors (Lipinski definition) is 1. The fourth-order valence-corrected chi connectivity index (χ4v) is 2.18. The van der Waals surface area contributed by atoms with Crippen molar-refractivity contribution in [3.8, 4) is 0 Å². The Labute approximate surface area is 122 Å². The van der Waals surface area contributed by atoms with Gasteiger partial charge in [-0.2, -0.15) is 5.10 Å². The van der Waals surface area contributed by atoms with Crippen molar-refractivity contribution in [1.29, 1.82) is 0 Å². The van der Waals surface area contributed by atoms with Crippen molar-refractivity contribution in [2.45, 2.75) is 39.5 Å². The van der Waals surface area contributed by atoms with Crippen LogP contribution in [0.25, 0.3) is 0 Å². The Morgan fingerprint density at radius 1 is 0.952 bits per heavy atom. The summed E-state index contributed by atoms with van der Waals surface area (Å²) in [5.41, 5.74) is 2.10. The van der Waals surface area contributed by atoms with Crippen LogP contribution in [-0.4, -0.2) is 20.2 Å². The number of rotatable bonds is 6. The van der Waals surface area contributed by atoms with Crippen LogP contribution in [0.5, 0.6) is 0 Å². The van der Waals surface area contributed by atoms with Crippen LogP contribution < -0.4 is 0 Å². The monoisotopic (exact) mass is 286 g/mol. The number of hydrogen-bond acceptors (Lipinski definition) is 5. The van der Waals surface area contributed by atoms with Gasteiger partial charge in [0.2, 0.25) is 0 Å². The first-order valence-electron chi connectivity index (χ1n) is 7.05. The molecule has 6 nitrogen and oxygen atoms in total. The number of nitrogens with zero attached hydrogens (tertiary/aromatic N) is 3. The highest BCUT2D eigenvalue weighted by Crippen LogP contribution is 2.12. The molecule has 0 saturated carbocycles. The zero-order valence-corrected chi connectivity index (χ0v) is 12.2. The zero-order chi connectivity index (χ0) is 14.7. The second-order valence-electron chi connectivity index (χ2n) is 5.11. The molecule has 0 saturated heterocycles. The summed E-state index contributed by atoms with van der Waals surface area (Å²) >= 11 is 0. The van der Waals surface area contributed by atoms with Gasteiger partial charge in [-0.3, -0.25) is 5.10 Å². The van der Waals surface area contributed by atoms with Crippen LogP contribution in [0.15, 0.2) is 27.3 Å². The number of aryl methyl sites for hydroxylation is 6. The number of aromatic amines is 1. The predicted octanol–water partition coefficient (Wildman–Crippen LogP) is 2.57. The molecular formula is C15H18N4O2. The van der Waals surface area contributed by atoms with Crippen LogP contribution >= 0.6 is 0 Å². The molecule has 110 valence electrons. The molecule has 0 aliphatic rings. The standard InChI is InChI=1S/C15H18N4O2/c1-10-7-12(19-18-10)3-6-15-17-9-14(21-15)5-4-13-8-16-11(2)20-13/h7-9H,3-6H2,1-2H3,(H,18,19). The molecular weight excluding hydrogens is 268 g/mol. The maximum Gasteiger partial charge on any atom is 0.194 e. The molecule has 3 aromatic rings. The first-order chi connectivity index (χ1) is 10.2. The normalized spacial score (nSPS) is 11.1. The lowest BCUT2D eigenvalue weighted by atomic mass is 10.2. The summed E-state index contributed by atoms with van der Waals surface area (Å²) in [6.07, 6.45) is 6.66. The maximum absolute atomic E-state index is 5.73. The Hall–Kier alpha value is -2.37. The Balaban J connectivity index is 1.51. The summed E-state index contributed by atoms with van der Waals surface area (Å²) in [7, 11) is 0. The number of oxazole rings is 2. The molecule has 0 spiro atoms. The van der Waals surface area contributed by atoms with Gasteiger partial charge in [0.1, 0.15) is 11.5 Å². The van der Waals surface area contributed by atoms with Crippen molar-refractivity contribution in [2.24, 2.45) is 0 Å². The third-order valence-electron chi connectivity index (χ3n) is 3.24. The summed E-state index contributed by atoms with van der Waals surface area (Å²) in [5, 5.41) is 7.14. The third-order valence-corrected chi connectivity index (χ3v) is 3.24. The molecule has 0 bridgehead atoms. The summed E-state index contributed by atoms with van der Waals surface area (Å²) in [6, 6.07) is 2.04.